The predicted molar refractivity (Wildman–Crippen MR) is 126 cm³/mol. The lowest BCUT2D eigenvalue weighted by molar-refractivity contribution is 0.121. The summed E-state index contributed by atoms with van der Waals surface area (Å²) in [6.45, 7) is 4.81. The van der Waals surface area contributed by atoms with Crippen molar-refractivity contribution in [2.24, 2.45) is 0 Å². The molecule has 2 aliphatic rings. The Morgan fingerprint density at radius 2 is 1.97 bits per heavy atom. The Morgan fingerprint density at radius 1 is 1.12 bits per heavy atom. The Bertz CT molecular complexity index is 1200. The van der Waals surface area contributed by atoms with Gasteiger partial charge in [0, 0.05) is 44.8 Å². The number of nitrogens with zero attached hydrogens (tertiary/aromatic N) is 4. The summed E-state index contributed by atoms with van der Waals surface area (Å²) in [6.07, 6.45) is 7.92. The monoisotopic (exact) mass is 454 g/mol. The molecule has 0 aliphatic carbocycles. The van der Waals surface area contributed by atoms with Crippen molar-refractivity contribution < 1.29 is 13.2 Å². The van der Waals surface area contributed by atoms with Gasteiger partial charge in [-0.1, -0.05) is 6.07 Å². The summed E-state index contributed by atoms with van der Waals surface area (Å²) in [6, 6.07) is 10.9. The normalized spacial score (nSPS) is 19.9. The molecule has 32 heavy (non-hydrogen) atoms. The first-order valence-corrected chi connectivity index (χ1v) is 12.8. The maximum absolute atomic E-state index is 13.7. The topological polar surface area (TPSA) is 67.7 Å². The molecule has 7 nitrogen and oxygen atoms in total. The summed E-state index contributed by atoms with van der Waals surface area (Å²) in [7, 11) is -2.02. The average Bonchev–Trinajstić information content (AvgIpc) is 3.58. The van der Waals surface area contributed by atoms with Gasteiger partial charge in [0.2, 0.25) is 0 Å². The van der Waals surface area contributed by atoms with E-state index in [9.17, 15) is 8.42 Å². The highest BCUT2D eigenvalue weighted by atomic mass is 32.2. The molecule has 3 aromatic rings. The van der Waals surface area contributed by atoms with Crippen LogP contribution >= 0.6 is 0 Å². The van der Waals surface area contributed by atoms with Crippen LogP contribution in [-0.2, 0) is 21.2 Å². The standard InChI is InChI=1S/C24H30N4O3S/c1-31-21-10-15-27(18-21)20-6-4-7-22(16-20)32(29,30)28-17-19(9-14-26-12-2-3-13-26)24-23(28)8-5-11-25-24/h4-8,11,16-17,21H,2-3,9-10,12-15,18H2,1H3. The van der Waals surface area contributed by atoms with Crippen LogP contribution in [0.3, 0.4) is 0 Å². The van der Waals surface area contributed by atoms with Crippen molar-refractivity contribution in [3.8, 4) is 0 Å². The summed E-state index contributed by atoms with van der Waals surface area (Å²) in [4.78, 5) is 9.44. The first kappa shape index (κ1) is 21.4. The minimum Gasteiger partial charge on any atom is -0.380 e. The van der Waals surface area contributed by atoms with Crippen LogP contribution in [0, 0.1) is 0 Å². The summed E-state index contributed by atoms with van der Waals surface area (Å²) in [5.41, 5.74) is 3.30. The minimum atomic E-state index is -3.75. The van der Waals surface area contributed by atoms with Gasteiger partial charge >= 0.3 is 0 Å². The van der Waals surface area contributed by atoms with Gasteiger partial charge in [0.05, 0.1) is 22.0 Å². The zero-order chi connectivity index (χ0) is 22.1. The van der Waals surface area contributed by atoms with Gasteiger partial charge in [0.15, 0.2) is 0 Å². The molecule has 0 amide bonds. The van der Waals surface area contributed by atoms with Crippen molar-refractivity contribution in [1.82, 2.24) is 13.9 Å². The molecule has 2 aliphatic heterocycles. The number of hydrogen-bond donors (Lipinski definition) is 0. The van der Waals surface area contributed by atoms with E-state index in [0.717, 1.165) is 62.3 Å². The second-order valence-electron chi connectivity index (χ2n) is 8.71. The zero-order valence-corrected chi connectivity index (χ0v) is 19.3. The summed E-state index contributed by atoms with van der Waals surface area (Å²) < 4.78 is 34.3. The highest BCUT2D eigenvalue weighted by molar-refractivity contribution is 7.90. The van der Waals surface area contributed by atoms with E-state index in [-0.39, 0.29) is 6.10 Å². The number of anilines is 1. The SMILES string of the molecule is COC1CCN(c2cccc(S(=O)(=O)n3cc(CCN4CCCC4)c4ncccc43)c2)C1. The van der Waals surface area contributed by atoms with Gasteiger partial charge in [-0.25, -0.2) is 12.4 Å². The van der Waals surface area contributed by atoms with Crippen LogP contribution < -0.4 is 4.90 Å². The number of benzene rings is 1. The van der Waals surface area contributed by atoms with Crippen LogP contribution in [0.5, 0.6) is 0 Å². The first-order valence-electron chi connectivity index (χ1n) is 11.4. The number of rotatable bonds is 7. The Balaban J connectivity index is 1.47. The Morgan fingerprint density at radius 3 is 2.75 bits per heavy atom. The molecule has 2 saturated heterocycles. The van der Waals surface area contributed by atoms with E-state index >= 15 is 0 Å². The van der Waals surface area contributed by atoms with Crippen LogP contribution in [0.15, 0.2) is 53.7 Å². The maximum atomic E-state index is 13.7. The van der Waals surface area contributed by atoms with Crippen molar-refractivity contribution in [2.45, 2.75) is 36.7 Å². The Labute approximate surface area is 189 Å². The van der Waals surface area contributed by atoms with Crippen molar-refractivity contribution in [3.05, 3.63) is 54.4 Å². The van der Waals surface area contributed by atoms with Gasteiger partial charge in [-0.2, -0.15) is 0 Å². The predicted octanol–water partition coefficient (Wildman–Crippen LogP) is 3.14. The van der Waals surface area contributed by atoms with Gasteiger partial charge in [-0.05, 0) is 74.7 Å². The molecule has 1 unspecified atom stereocenters. The van der Waals surface area contributed by atoms with E-state index in [1.54, 1.807) is 37.7 Å². The lowest BCUT2D eigenvalue weighted by Gasteiger charge is -2.19. The molecule has 5 rings (SSSR count). The molecule has 0 spiro atoms. The average molecular weight is 455 g/mol. The number of methoxy groups -OCH3 is 1. The fourth-order valence-corrected chi connectivity index (χ4v) is 6.29. The van der Waals surface area contributed by atoms with Crippen LogP contribution in [-0.4, -0.2) is 68.2 Å². The van der Waals surface area contributed by atoms with Gasteiger partial charge in [0.1, 0.15) is 0 Å². The lowest BCUT2D eigenvalue weighted by atomic mass is 10.2. The Kier molecular flexibility index (Phi) is 5.92. The van der Waals surface area contributed by atoms with E-state index in [2.05, 4.69) is 14.8 Å². The molecule has 1 aromatic carbocycles. The number of fused-ring (bicyclic) bond motifs is 1. The molecule has 0 bridgehead atoms. The third-order valence-electron chi connectivity index (χ3n) is 6.72. The highest BCUT2D eigenvalue weighted by Crippen LogP contribution is 2.29. The number of likely N-dealkylation sites (tertiary alicyclic amines) is 1. The molecule has 0 radical (unpaired) electrons. The van der Waals surface area contributed by atoms with Gasteiger partial charge in [-0.15, -0.1) is 0 Å². The molecule has 4 heterocycles. The molecule has 8 heteroatoms. The van der Waals surface area contributed by atoms with Crippen molar-refractivity contribution in [1.29, 1.82) is 0 Å². The quantitative estimate of drug-likeness (QED) is 0.546. The second kappa shape index (κ2) is 8.84. The summed E-state index contributed by atoms with van der Waals surface area (Å²) in [5.74, 6) is 0. The number of hydrogen-bond acceptors (Lipinski definition) is 6. The fraction of sp³-hybridized carbons (Fsp3) is 0.458. The molecule has 1 atom stereocenters. The van der Waals surface area contributed by atoms with Crippen LogP contribution in [0.4, 0.5) is 5.69 Å². The van der Waals surface area contributed by atoms with Crippen molar-refractivity contribution >= 4 is 26.7 Å². The molecule has 0 N–H and O–H groups in total. The van der Waals surface area contributed by atoms with Gasteiger partial charge in [0.25, 0.3) is 10.0 Å². The first-order chi connectivity index (χ1) is 15.6. The third kappa shape index (κ3) is 4.02. The number of ether oxygens (including phenoxy) is 1. The van der Waals surface area contributed by atoms with Crippen LogP contribution in [0.25, 0.3) is 11.0 Å². The second-order valence-corrected chi connectivity index (χ2v) is 10.5. The minimum absolute atomic E-state index is 0.188. The summed E-state index contributed by atoms with van der Waals surface area (Å²) >= 11 is 0. The molecule has 2 fully saturated rings. The molecular weight excluding hydrogens is 424 g/mol. The van der Waals surface area contributed by atoms with Crippen LogP contribution in [0.1, 0.15) is 24.8 Å². The molecule has 0 saturated carbocycles. The molecule has 170 valence electrons. The van der Waals surface area contributed by atoms with Gasteiger partial charge < -0.3 is 14.5 Å². The number of aromatic nitrogens is 2. The van der Waals surface area contributed by atoms with E-state index in [4.69, 9.17) is 4.74 Å². The van der Waals surface area contributed by atoms with E-state index in [1.165, 1.54) is 16.8 Å². The summed E-state index contributed by atoms with van der Waals surface area (Å²) in [5, 5.41) is 0. The zero-order valence-electron chi connectivity index (χ0n) is 18.5. The van der Waals surface area contributed by atoms with Gasteiger partial charge in [-0.3, -0.25) is 4.98 Å². The van der Waals surface area contributed by atoms with Crippen molar-refractivity contribution in [3.63, 3.8) is 0 Å². The smallest absolute Gasteiger partial charge is 0.268 e. The fourth-order valence-electron chi connectivity index (χ4n) is 4.87. The highest BCUT2D eigenvalue weighted by Gasteiger charge is 2.26. The molecular formula is C24H30N4O3S. The molecule has 2 aromatic heterocycles. The van der Waals surface area contributed by atoms with E-state index < -0.39 is 10.0 Å². The maximum Gasteiger partial charge on any atom is 0.268 e. The van der Waals surface area contributed by atoms with E-state index in [0.29, 0.717) is 10.4 Å². The van der Waals surface area contributed by atoms with Crippen molar-refractivity contribution in [2.75, 3.05) is 44.7 Å². The largest absolute Gasteiger partial charge is 0.380 e. The Hall–Kier alpha value is -2.42. The number of pyridine rings is 1. The lowest BCUT2D eigenvalue weighted by Crippen LogP contribution is -2.22. The third-order valence-corrected chi connectivity index (χ3v) is 8.38. The van der Waals surface area contributed by atoms with E-state index in [1.807, 2.05) is 18.2 Å². The van der Waals surface area contributed by atoms with Crippen LogP contribution in [0.2, 0.25) is 0 Å².